The zero-order chi connectivity index (χ0) is 15.9. The molecule has 2 aliphatic heterocycles. The number of rotatable bonds is 1. The molecule has 22 heavy (non-hydrogen) atoms. The van der Waals surface area contributed by atoms with Crippen molar-refractivity contribution >= 4 is 11.8 Å². The molecule has 0 radical (unpaired) electrons. The smallest absolute Gasteiger partial charge is 0.410 e. The number of fused-ring (bicyclic) bond motifs is 1. The van der Waals surface area contributed by atoms with Crippen LogP contribution in [0.3, 0.4) is 0 Å². The van der Waals surface area contributed by atoms with Crippen molar-refractivity contribution < 1.29 is 9.53 Å². The van der Waals surface area contributed by atoms with Crippen LogP contribution in [0.25, 0.3) is 0 Å². The first-order valence-electron chi connectivity index (χ1n) is 8.11. The van der Waals surface area contributed by atoms with Crippen LogP contribution in [-0.2, 0) is 4.74 Å². The summed E-state index contributed by atoms with van der Waals surface area (Å²) in [6.07, 6.45) is -0.163. The minimum Gasteiger partial charge on any atom is -0.444 e. The highest BCUT2D eigenvalue weighted by Gasteiger charge is 2.42. The molecule has 0 bridgehead atoms. The van der Waals surface area contributed by atoms with Crippen molar-refractivity contribution in [2.24, 2.45) is 11.8 Å². The van der Waals surface area contributed by atoms with Crippen molar-refractivity contribution in [1.29, 1.82) is 0 Å². The van der Waals surface area contributed by atoms with E-state index in [0.29, 0.717) is 11.8 Å². The van der Waals surface area contributed by atoms with Gasteiger partial charge in [-0.2, -0.15) is 0 Å². The molecular formula is C18H26N2O2. The molecule has 2 heterocycles. The molecular weight excluding hydrogens is 276 g/mol. The van der Waals surface area contributed by atoms with Gasteiger partial charge in [0.25, 0.3) is 0 Å². The number of nitrogens with zero attached hydrogens (tertiary/aromatic N) is 2. The molecule has 0 saturated carbocycles. The lowest BCUT2D eigenvalue weighted by Gasteiger charge is -2.26. The summed E-state index contributed by atoms with van der Waals surface area (Å²) >= 11 is 0. The van der Waals surface area contributed by atoms with Gasteiger partial charge in [0.05, 0.1) is 0 Å². The molecule has 2 fully saturated rings. The normalized spacial score (nSPS) is 24.5. The van der Waals surface area contributed by atoms with Crippen LogP contribution in [0.2, 0.25) is 0 Å². The molecule has 3 rings (SSSR count). The number of hydrogen-bond acceptors (Lipinski definition) is 3. The Morgan fingerprint density at radius 2 is 1.77 bits per heavy atom. The Morgan fingerprint density at radius 1 is 1.14 bits per heavy atom. The number of ether oxygens (including phenoxy) is 1. The molecule has 0 aliphatic carbocycles. The molecule has 0 spiro atoms. The summed E-state index contributed by atoms with van der Waals surface area (Å²) in [5, 5.41) is 0. The van der Waals surface area contributed by atoms with Crippen molar-refractivity contribution in [3.8, 4) is 0 Å². The van der Waals surface area contributed by atoms with Gasteiger partial charge in [0.2, 0.25) is 0 Å². The number of likely N-dealkylation sites (tertiary alicyclic amines) is 1. The summed E-state index contributed by atoms with van der Waals surface area (Å²) in [6.45, 7) is 11.6. The number of carbonyl (C=O) groups is 1. The maximum atomic E-state index is 12.2. The minimum absolute atomic E-state index is 0.163. The van der Waals surface area contributed by atoms with E-state index in [1.54, 1.807) is 0 Å². The molecule has 2 atom stereocenters. The summed E-state index contributed by atoms with van der Waals surface area (Å²) in [4.78, 5) is 16.5. The van der Waals surface area contributed by atoms with E-state index in [1.165, 1.54) is 11.3 Å². The van der Waals surface area contributed by atoms with E-state index < -0.39 is 5.60 Å². The van der Waals surface area contributed by atoms with Gasteiger partial charge >= 0.3 is 6.09 Å². The average molecular weight is 302 g/mol. The Morgan fingerprint density at radius 3 is 2.32 bits per heavy atom. The van der Waals surface area contributed by atoms with Crippen molar-refractivity contribution in [2.45, 2.75) is 33.3 Å². The number of benzene rings is 1. The molecule has 1 amide bonds. The minimum atomic E-state index is -0.414. The lowest BCUT2D eigenvalue weighted by Crippen LogP contribution is -2.37. The summed E-state index contributed by atoms with van der Waals surface area (Å²) < 4.78 is 5.49. The van der Waals surface area contributed by atoms with E-state index >= 15 is 0 Å². The first kappa shape index (κ1) is 15.2. The quantitative estimate of drug-likeness (QED) is 0.798. The van der Waals surface area contributed by atoms with Gasteiger partial charge in [-0.25, -0.2) is 4.79 Å². The predicted molar refractivity (Wildman–Crippen MR) is 88.2 cm³/mol. The fourth-order valence-corrected chi connectivity index (χ4v) is 3.50. The molecule has 0 N–H and O–H groups in total. The molecule has 120 valence electrons. The van der Waals surface area contributed by atoms with Gasteiger partial charge in [0, 0.05) is 43.7 Å². The lowest BCUT2D eigenvalue weighted by molar-refractivity contribution is 0.0282. The Kier molecular flexibility index (Phi) is 3.79. The van der Waals surface area contributed by atoms with Gasteiger partial charge in [-0.05, 0) is 45.4 Å². The van der Waals surface area contributed by atoms with Crippen molar-refractivity contribution in [3.63, 3.8) is 0 Å². The average Bonchev–Trinajstić information content (AvgIpc) is 2.94. The highest BCUT2D eigenvalue weighted by Crippen LogP contribution is 2.34. The fraction of sp³-hybridized carbons (Fsp3) is 0.611. The lowest BCUT2D eigenvalue weighted by atomic mass is 10.0. The largest absolute Gasteiger partial charge is 0.444 e. The zero-order valence-corrected chi connectivity index (χ0v) is 14.0. The number of carbonyl (C=O) groups excluding carboxylic acids is 1. The first-order chi connectivity index (χ1) is 10.3. The highest BCUT2D eigenvalue weighted by atomic mass is 16.6. The molecule has 1 aromatic rings. The van der Waals surface area contributed by atoms with Crippen LogP contribution in [0.15, 0.2) is 24.3 Å². The molecule has 2 saturated heterocycles. The summed E-state index contributed by atoms with van der Waals surface area (Å²) in [6, 6.07) is 8.67. The van der Waals surface area contributed by atoms with E-state index in [-0.39, 0.29) is 6.09 Å². The summed E-state index contributed by atoms with van der Waals surface area (Å²) in [7, 11) is 0. The van der Waals surface area contributed by atoms with E-state index in [1.807, 2.05) is 25.7 Å². The molecule has 0 aromatic heterocycles. The summed E-state index contributed by atoms with van der Waals surface area (Å²) in [5.74, 6) is 1.13. The van der Waals surface area contributed by atoms with Crippen molar-refractivity contribution in [2.75, 3.05) is 31.1 Å². The van der Waals surface area contributed by atoms with Gasteiger partial charge in [-0.3, -0.25) is 0 Å². The van der Waals surface area contributed by atoms with Crippen LogP contribution in [0, 0.1) is 18.8 Å². The zero-order valence-electron chi connectivity index (χ0n) is 14.0. The Balaban J connectivity index is 1.60. The van der Waals surface area contributed by atoms with E-state index in [9.17, 15) is 4.79 Å². The second kappa shape index (κ2) is 5.49. The van der Waals surface area contributed by atoms with Crippen LogP contribution in [0.1, 0.15) is 26.3 Å². The number of anilines is 1. The van der Waals surface area contributed by atoms with Gasteiger partial charge in [-0.1, -0.05) is 12.1 Å². The van der Waals surface area contributed by atoms with Gasteiger partial charge in [0.15, 0.2) is 0 Å². The van der Waals surface area contributed by atoms with E-state index in [2.05, 4.69) is 36.1 Å². The van der Waals surface area contributed by atoms with Crippen LogP contribution >= 0.6 is 0 Å². The van der Waals surface area contributed by atoms with Crippen LogP contribution < -0.4 is 4.90 Å². The van der Waals surface area contributed by atoms with Crippen molar-refractivity contribution in [1.82, 2.24) is 4.90 Å². The maximum absolute atomic E-state index is 12.2. The van der Waals surface area contributed by atoms with Crippen LogP contribution in [0.5, 0.6) is 0 Å². The second-order valence-corrected chi connectivity index (χ2v) is 7.65. The highest BCUT2D eigenvalue weighted by molar-refractivity contribution is 5.68. The third kappa shape index (κ3) is 3.21. The Bertz CT molecular complexity index is 550. The second-order valence-electron chi connectivity index (χ2n) is 7.65. The molecule has 2 aliphatic rings. The third-order valence-corrected chi connectivity index (χ3v) is 4.50. The Hall–Kier alpha value is -1.71. The SMILES string of the molecule is Cc1cccc(N2CC3CN(C(=O)OC(C)(C)C)CC3C2)c1. The molecule has 4 nitrogen and oxygen atoms in total. The standard InChI is InChI=1S/C18H26N2O2/c1-13-6-5-7-16(8-13)19-9-14-11-20(12-15(14)10-19)17(21)22-18(2,3)4/h5-8,14-15H,9-12H2,1-4H3. The van der Waals surface area contributed by atoms with Crippen molar-refractivity contribution in [3.05, 3.63) is 29.8 Å². The molecule has 2 unspecified atom stereocenters. The van der Waals surface area contributed by atoms with E-state index in [4.69, 9.17) is 4.74 Å². The first-order valence-corrected chi connectivity index (χ1v) is 8.11. The topological polar surface area (TPSA) is 32.8 Å². The third-order valence-electron chi connectivity index (χ3n) is 4.50. The fourth-order valence-electron chi connectivity index (χ4n) is 3.50. The molecule has 1 aromatic carbocycles. The van der Waals surface area contributed by atoms with Gasteiger partial charge in [0.1, 0.15) is 5.60 Å². The molecule has 4 heteroatoms. The van der Waals surface area contributed by atoms with Gasteiger partial charge < -0.3 is 14.5 Å². The monoisotopic (exact) mass is 302 g/mol. The maximum Gasteiger partial charge on any atom is 0.410 e. The predicted octanol–water partition coefficient (Wildman–Crippen LogP) is 3.30. The van der Waals surface area contributed by atoms with Crippen LogP contribution in [0.4, 0.5) is 10.5 Å². The van der Waals surface area contributed by atoms with E-state index in [0.717, 1.165) is 26.2 Å². The van der Waals surface area contributed by atoms with Crippen LogP contribution in [-0.4, -0.2) is 42.8 Å². The van der Waals surface area contributed by atoms with Gasteiger partial charge in [-0.15, -0.1) is 0 Å². The number of hydrogen-bond donors (Lipinski definition) is 0. The number of aryl methyl sites for hydroxylation is 1. The number of amides is 1. The summed E-state index contributed by atoms with van der Waals surface area (Å²) in [5.41, 5.74) is 2.19. The Labute approximate surface area is 133 Å².